The average molecular weight is 326 g/mol. The number of carbonyl (C=O) groups excluding carboxylic acids is 1. The number of aryl methyl sites for hydroxylation is 3. The lowest BCUT2D eigenvalue weighted by atomic mass is 9.65. The largest absolute Gasteiger partial charge is 0.381 e. The average Bonchev–Trinajstić information content (AvgIpc) is 2.55. The molecule has 1 saturated heterocycles. The van der Waals surface area contributed by atoms with Gasteiger partial charge in [-0.3, -0.25) is 4.79 Å². The smallest absolute Gasteiger partial charge is 0.164 e. The summed E-state index contributed by atoms with van der Waals surface area (Å²) in [6.45, 7) is 10.3. The summed E-state index contributed by atoms with van der Waals surface area (Å²) in [6.07, 6.45) is 5.76. The molecule has 130 valence electrons. The molecule has 1 heterocycles. The molecule has 1 spiro atoms. The maximum atomic E-state index is 13.2. The van der Waals surface area contributed by atoms with Gasteiger partial charge < -0.3 is 4.74 Å². The van der Waals surface area contributed by atoms with Crippen LogP contribution in [-0.2, 0) is 22.4 Å². The summed E-state index contributed by atoms with van der Waals surface area (Å²) in [5, 5.41) is 0. The molecule has 0 saturated carbocycles. The Morgan fingerprint density at radius 3 is 2.08 bits per heavy atom. The number of allylic oxidation sites excluding steroid dienone is 2. The highest BCUT2D eigenvalue weighted by atomic mass is 16.5. The van der Waals surface area contributed by atoms with Crippen LogP contribution in [0.4, 0.5) is 0 Å². The quantitative estimate of drug-likeness (QED) is 0.776. The predicted octanol–water partition coefficient (Wildman–Crippen LogP) is 5.05. The van der Waals surface area contributed by atoms with Gasteiger partial charge in [-0.05, 0) is 68.1 Å². The molecule has 2 heteroatoms. The molecule has 2 nitrogen and oxygen atoms in total. The third-order valence-corrected chi connectivity index (χ3v) is 5.89. The molecule has 0 bridgehead atoms. The first-order valence-corrected chi connectivity index (χ1v) is 9.43. The van der Waals surface area contributed by atoms with Crippen molar-refractivity contribution in [2.45, 2.75) is 66.2 Å². The first-order chi connectivity index (χ1) is 11.5. The maximum Gasteiger partial charge on any atom is 0.164 e. The van der Waals surface area contributed by atoms with Crippen molar-refractivity contribution in [3.05, 3.63) is 40.0 Å². The highest BCUT2D eigenvalue weighted by molar-refractivity contribution is 6.23. The number of hydrogen-bond donors (Lipinski definition) is 0. The Kier molecular flexibility index (Phi) is 4.96. The van der Waals surface area contributed by atoms with Gasteiger partial charge in [-0.25, -0.2) is 0 Å². The van der Waals surface area contributed by atoms with Crippen molar-refractivity contribution < 1.29 is 9.53 Å². The number of hydrogen-bond acceptors (Lipinski definition) is 2. The number of ketones is 1. The molecule has 1 aromatic rings. The van der Waals surface area contributed by atoms with Crippen LogP contribution in [0, 0.1) is 12.3 Å². The van der Waals surface area contributed by atoms with E-state index >= 15 is 0 Å². The second kappa shape index (κ2) is 6.84. The van der Waals surface area contributed by atoms with Crippen LogP contribution in [0.15, 0.2) is 17.7 Å². The van der Waals surface area contributed by atoms with E-state index in [2.05, 4.69) is 39.8 Å². The standard InChI is InChI=1S/C22H30O2/c1-5-17-11-15(3)12-18(6-2)21(17)20-16(4)13-22(14-19(20)23)7-9-24-10-8-22/h11-12H,5-10,13-14H2,1-4H3. The van der Waals surface area contributed by atoms with Crippen LogP contribution in [-0.4, -0.2) is 19.0 Å². The summed E-state index contributed by atoms with van der Waals surface area (Å²) in [7, 11) is 0. The summed E-state index contributed by atoms with van der Waals surface area (Å²) in [4.78, 5) is 13.2. The fourth-order valence-corrected chi connectivity index (χ4v) is 4.71. The third-order valence-electron chi connectivity index (χ3n) is 5.89. The van der Waals surface area contributed by atoms with Crippen LogP contribution in [0.1, 0.15) is 68.7 Å². The molecule has 0 atom stereocenters. The van der Waals surface area contributed by atoms with Crippen LogP contribution in [0.5, 0.6) is 0 Å². The fourth-order valence-electron chi connectivity index (χ4n) is 4.71. The number of benzene rings is 1. The Morgan fingerprint density at radius 2 is 1.58 bits per heavy atom. The first-order valence-electron chi connectivity index (χ1n) is 9.43. The summed E-state index contributed by atoms with van der Waals surface area (Å²) in [6, 6.07) is 4.53. The van der Waals surface area contributed by atoms with Gasteiger partial charge in [-0.15, -0.1) is 0 Å². The minimum Gasteiger partial charge on any atom is -0.381 e. The normalized spacial score (nSPS) is 20.8. The molecule has 0 amide bonds. The highest BCUT2D eigenvalue weighted by Gasteiger charge is 2.40. The molecule has 3 rings (SSSR count). The summed E-state index contributed by atoms with van der Waals surface area (Å²) < 4.78 is 5.54. The molecule has 0 radical (unpaired) electrons. The molecule has 0 N–H and O–H groups in total. The van der Waals surface area contributed by atoms with Crippen LogP contribution in [0.25, 0.3) is 5.57 Å². The zero-order valence-corrected chi connectivity index (χ0v) is 15.6. The van der Waals surface area contributed by atoms with E-state index in [4.69, 9.17) is 4.74 Å². The second-order valence-corrected chi connectivity index (χ2v) is 7.71. The molecule has 1 aromatic carbocycles. The Hall–Kier alpha value is -1.41. The van der Waals surface area contributed by atoms with E-state index in [1.165, 1.54) is 27.8 Å². The molecule has 1 fully saturated rings. The van der Waals surface area contributed by atoms with Crippen molar-refractivity contribution in [1.82, 2.24) is 0 Å². The molecule has 2 aliphatic rings. The van der Waals surface area contributed by atoms with E-state index < -0.39 is 0 Å². The Bertz CT molecular complexity index is 650. The van der Waals surface area contributed by atoms with Crippen molar-refractivity contribution in [3.8, 4) is 0 Å². The van der Waals surface area contributed by atoms with Gasteiger partial charge in [-0.2, -0.15) is 0 Å². The van der Waals surface area contributed by atoms with E-state index in [9.17, 15) is 4.79 Å². The molecule has 0 unspecified atom stereocenters. The van der Waals surface area contributed by atoms with Crippen molar-refractivity contribution in [3.63, 3.8) is 0 Å². The molecular formula is C22H30O2. The zero-order valence-electron chi connectivity index (χ0n) is 15.6. The molecule has 0 aromatic heterocycles. The number of rotatable bonds is 3. The van der Waals surface area contributed by atoms with Gasteiger partial charge in [-0.1, -0.05) is 37.1 Å². The molecule has 24 heavy (non-hydrogen) atoms. The lowest BCUT2D eigenvalue weighted by molar-refractivity contribution is -0.118. The van der Waals surface area contributed by atoms with Crippen molar-refractivity contribution in [2.24, 2.45) is 5.41 Å². The van der Waals surface area contributed by atoms with Crippen LogP contribution in [0.3, 0.4) is 0 Å². The van der Waals surface area contributed by atoms with Gasteiger partial charge in [0.05, 0.1) is 0 Å². The Balaban J connectivity index is 2.09. The first kappa shape index (κ1) is 17.4. The second-order valence-electron chi connectivity index (χ2n) is 7.71. The third kappa shape index (κ3) is 3.09. The van der Waals surface area contributed by atoms with Gasteiger partial charge in [0.25, 0.3) is 0 Å². The molecular weight excluding hydrogens is 296 g/mol. The SMILES string of the molecule is CCc1cc(C)cc(CC)c1C1=C(C)CC2(CCOCC2)CC1=O. The van der Waals surface area contributed by atoms with Crippen LogP contribution in [0.2, 0.25) is 0 Å². The van der Waals surface area contributed by atoms with Gasteiger partial charge >= 0.3 is 0 Å². The van der Waals surface area contributed by atoms with Gasteiger partial charge in [0, 0.05) is 25.2 Å². The number of ether oxygens (including phenoxy) is 1. The lowest BCUT2D eigenvalue weighted by Crippen LogP contribution is -2.35. The number of Topliss-reactive ketones (excluding diaryl/α,β-unsaturated/α-hetero) is 1. The van der Waals surface area contributed by atoms with Crippen molar-refractivity contribution in [1.29, 1.82) is 0 Å². The van der Waals surface area contributed by atoms with Crippen molar-refractivity contribution in [2.75, 3.05) is 13.2 Å². The van der Waals surface area contributed by atoms with E-state index in [-0.39, 0.29) is 5.41 Å². The minimum absolute atomic E-state index is 0.159. The van der Waals surface area contributed by atoms with Crippen LogP contribution < -0.4 is 0 Å². The summed E-state index contributed by atoms with van der Waals surface area (Å²) >= 11 is 0. The predicted molar refractivity (Wildman–Crippen MR) is 99.3 cm³/mol. The molecule has 1 aliphatic heterocycles. The van der Waals surface area contributed by atoms with E-state index in [1.54, 1.807) is 0 Å². The van der Waals surface area contributed by atoms with E-state index in [1.807, 2.05) is 0 Å². The lowest BCUT2D eigenvalue weighted by Gasteiger charge is -2.41. The maximum absolute atomic E-state index is 13.2. The van der Waals surface area contributed by atoms with Gasteiger partial charge in [0.2, 0.25) is 0 Å². The monoisotopic (exact) mass is 326 g/mol. The van der Waals surface area contributed by atoms with Crippen molar-refractivity contribution >= 4 is 11.4 Å². The zero-order chi connectivity index (χ0) is 17.3. The van der Waals surface area contributed by atoms with Gasteiger partial charge in [0.15, 0.2) is 5.78 Å². The van der Waals surface area contributed by atoms with E-state index in [0.717, 1.165) is 50.9 Å². The Morgan fingerprint density at radius 1 is 1.00 bits per heavy atom. The number of carbonyl (C=O) groups is 1. The summed E-state index contributed by atoms with van der Waals surface area (Å²) in [5.41, 5.74) is 7.69. The van der Waals surface area contributed by atoms with E-state index in [0.29, 0.717) is 12.2 Å². The molecule has 1 aliphatic carbocycles. The highest BCUT2D eigenvalue weighted by Crippen LogP contribution is 2.47. The minimum atomic E-state index is 0.159. The van der Waals surface area contributed by atoms with Crippen LogP contribution >= 0.6 is 0 Å². The fraction of sp³-hybridized carbons (Fsp3) is 0.591. The van der Waals surface area contributed by atoms with Gasteiger partial charge in [0.1, 0.15) is 0 Å². The summed E-state index contributed by atoms with van der Waals surface area (Å²) in [5.74, 6) is 0.355. The topological polar surface area (TPSA) is 26.3 Å². The Labute approximate surface area is 146 Å².